The van der Waals surface area contributed by atoms with Gasteiger partial charge in [-0.3, -0.25) is 0 Å². The molecule has 78 valence electrons. The summed E-state index contributed by atoms with van der Waals surface area (Å²) < 4.78 is 1.83. The molecule has 1 aromatic heterocycles. The average molecular weight is 202 g/mol. The molecule has 2 aromatic rings. The van der Waals surface area contributed by atoms with Crippen molar-refractivity contribution in [2.24, 2.45) is 5.73 Å². The number of hydrogen-bond donors (Lipinski definition) is 1. The molecule has 4 nitrogen and oxygen atoms in total. The largest absolute Gasteiger partial charge is 0.330 e. The number of nitrogens with two attached hydrogens (primary N) is 1. The van der Waals surface area contributed by atoms with E-state index in [1.54, 1.807) is 6.20 Å². The van der Waals surface area contributed by atoms with Crippen LogP contribution in [0, 0.1) is 6.92 Å². The van der Waals surface area contributed by atoms with Gasteiger partial charge in [0.05, 0.1) is 17.6 Å². The Morgan fingerprint density at radius 3 is 2.67 bits per heavy atom. The highest BCUT2D eigenvalue weighted by Crippen LogP contribution is 2.10. The zero-order valence-corrected chi connectivity index (χ0v) is 8.72. The minimum atomic E-state index is 0.610. The van der Waals surface area contributed by atoms with E-state index in [0.717, 1.165) is 17.8 Å². The van der Waals surface area contributed by atoms with E-state index < -0.39 is 0 Å². The van der Waals surface area contributed by atoms with Crippen LogP contribution in [0.5, 0.6) is 0 Å². The van der Waals surface area contributed by atoms with Crippen LogP contribution >= 0.6 is 0 Å². The SMILES string of the molecule is Cc1ccc(-n2nncc2CCN)cc1. The lowest BCUT2D eigenvalue weighted by atomic mass is 10.2. The molecule has 0 radical (unpaired) electrons. The van der Waals surface area contributed by atoms with Crippen LogP contribution in [0.3, 0.4) is 0 Å². The number of benzene rings is 1. The van der Waals surface area contributed by atoms with Gasteiger partial charge in [0.2, 0.25) is 0 Å². The van der Waals surface area contributed by atoms with Crippen molar-refractivity contribution in [1.82, 2.24) is 15.0 Å². The van der Waals surface area contributed by atoms with Crippen molar-refractivity contribution in [3.05, 3.63) is 41.7 Å². The standard InChI is InChI=1S/C11H14N4/c1-9-2-4-10(5-3-9)15-11(6-7-12)8-13-14-15/h2-5,8H,6-7,12H2,1H3. The van der Waals surface area contributed by atoms with Crippen LogP contribution in [0.4, 0.5) is 0 Å². The molecular formula is C11H14N4. The minimum Gasteiger partial charge on any atom is -0.330 e. The Labute approximate surface area is 88.7 Å². The van der Waals surface area contributed by atoms with Crippen LogP contribution < -0.4 is 5.73 Å². The molecule has 0 fully saturated rings. The van der Waals surface area contributed by atoms with Gasteiger partial charge in [-0.2, -0.15) is 0 Å². The van der Waals surface area contributed by atoms with E-state index in [1.165, 1.54) is 5.56 Å². The van der Waals surface area contributed by atoms with E-state index in [4.69, 9.17) is 5.73 Å². The molecule has 2 rings (SSSR count). The van der Waals surface area contributed by atoms with Crippen LogP contribution in [0.1, 0.15) is 11.3 Å². The van der Waals surface area contributed by atoms with Crippen molar-refractivity contribution >= 4 is 0 Å². The van der Waals surface area contributed by atoms with E-state index in [0.29, 0.717) is 6.54 Å². The molecule has 0 saturated heterocycles. The summed E-state index contributed by atoms with van der Waals surface area (Å²) in [4.78, 5) is 0. The lowest BCUT2D eigenvalue weighted by molar-refractivity contribution is 0.755. The van der Waals surface area contributed by atoms with Crippen molar-refractivity contribution in [2.45, 2.75) is 13.3 Å². The third-order valence-corrected chi connectivity index (χ3v) is 2.30. The molecule has 4 heteroatoms. The number of hydrogen-bond acceptors (Lipinski definition) is 3. The third kappa shape index (κ3) is 2.05. The Kier molecular flexibility index (Phi) is 2.78. The van der Waals surface area contributed by atoms with Crippen LogP contribution in [-0.2, 0) is 6.42 Å². The third-order valence-electron chi connectivity index (χ3n) is 2.30. The molecule has 0 bridgehead atoms. The van der Waals surface area contributed by atoms with Gasteiger partial charge in [0, 0.05) is 6.42 Å². The molecule has 0 unspecified atom stereocenters. The fourth-order valence-corrected chi connectivity index (χ4v) is 1.48. The predicted octanol–water partition coefficient (Wildman–Crippen LogP) is 1.08. The summed E-state index contributed by atoms with van der Waals surface area (Å²) in [5.41, 5.74) is 8.83. The fraction of sp³-hybridized carbons (Fsp3) is 0.273. The summed E-state index contributed by atoms with van der Waals surface area (Å²) >= 11 is 0. The van der Waals surface area contributed by atoms with Crippen molar-refractivity contribution in [1.29, 1.82) is 0 Å². The monoisotopic (exact) mass is 202 g/mol. The molecular weight excluding hydrogens is 188 g/mol. The van der Waals surface area contributed by atoms with Gasteiger partial charge in [-0.1, -0.05) is 22.9 Å². The first-order valence-corrected chi connectivity index (χ1v) is 4.98. The summed E-state index contributed by atoms with van der Waals surface area (Å²) in [6, 6.07) is 8.18. The predicted molar refractivity (Wildman–Crippen MR) is 58.9 cm³/mol. The minimum absolute atomic E-state index is 0.610. The maximum Gasteiger partial charge on any atom is 0.0730 e. The zero-order valence-electron chi connectivity index (χ0n) is 8.72. The quantitative estimate of drug-likeness (QED) is 0.810. The van der Waals surface area contributed by atoms with Crippen LogP contribution in [0.2, 0.25) is 0 Å². The lowest BCUT2D eigenvalue weighted by Gasteiger charge is -2.05. The first kappa shape index (κ1) is 9.86. The van der Waals surface area contributed by atoms with Gasteiger partial charge in [0.15, 0.2) is 0 Å². The van der Waals surface area contributed by atoms with E-state index >= 15 is 0 Å². The number of rotatable bonds is 3. The van der Waals surface area contributed by atoms with Gasteiger partial charge in [0.1, 0.15) is 0 Å². The Balaban J connectivity index is 2.36. The molecule has 2 N–H and O–H groups in total. The van der Waals surface area contributed by atoms with Crippen LogP contribution in [0.25, 0.3) is 5.69 Å². The van der Waals surface area contributed by atoms with E-state index in [9.17, 15) is 0 Å². The number of aromatic nitrogens is 3. The maximum absolute atomic E-state index is 5.52. The number of aryl methyl sites for hydroxylation is 1. The molecule has 1 aromatic carbocycles. The van der Waals surface area contributed by atoms with Gasteiger partial charge in [0.25, 0.3) is 0 Å². The Morgan fingerprint density at radius 1 is 1.27 bits per heavy atom. The maximum atomic E-state index is 5.52. The lowest BCUT2D eigenvalue weighted by Crippen LogP contribution is -2.08. The summed E-state index contributed by atoms with van der Waals surface area (Å²) in [5.74, 6) is 0. The second-order valence-electron chi connectivity index (χ2n) is 3.51. The molecule has 1 heterocycles. The van der Waals surface area contributed by atoms with Gasteiger partial charge < -0.3 is 5.73 Å². The van der Waals surface area contributed by atoms with Gasteiger partial charge in [-0.15, -0.1) is 5.10 Å². The molecule has 0 aliphatic carbocycles. The van der Waals surface area contributed by atoms with Crippen molar-refractivity contribution in [2.75, 3.05) is 6.54 Å². The Morgan fingerprint density at radius 2 is 2.00 bits per heavy atom. The van der Waals surface area contributed by atoms with Crippen molar-refractivity contribution < 1.29 is 0 Å². The fourth-order valence-electron chi connectivity index (χ4n) is 1.48. The molecule has 0 atom stereocenters. The van der Waals surface area contributed by atoms with E-state index in [1.807, 2.05) is 16.8 Å². The smallest absolute Gasteiger partial charge is 0.0730 e. The normalized spacial score (nSPS) is 10.5. The van der Waals surface area contributed by atoms with Gasteiger partial charge >= 0.3 is 0 Å². The summed E-state index contributed by atoms with van der Waals surface area (Å²) in [6.45, 7) is 2.67. The molecule has 0 spiro atoms. The summed E-state index contributed by atoms with van der Waals surface area (Å²) in [5, 5.41) is 7.94. The topological polar surface area (TPSA) is 56.7 Å². The Hall–Kier alpha value is -1.68. The average Bonchev–Trinajstić information content (AvgIpc) is 2.68. The van der Waals surface area contributed by atoms with Crippen molar-refractivity contribution in [3.63, 3.8) is 0 Å². The Bertz CT molecular complexity index is 430. The second kappa shape index (κ2) is 4.23. The highest BCUT2D eigenvalue weighted by molar-refractivity contribution is 5.34. The number of nitrogens with zero attached hydrogens (tertiary/aromatic N) is 3. The molecule has 0 amide bonds. The summed E-state index contributed by atoms with van der Waals surface area (Å²) in [6.07, 6.45) is 2.55. The first-order chi connectivity index (χ1) is 7.31. The molecule has 0 saturated carbocycles. The highest BCUT2D eigenvalue weighted by Gasteiger charge is 2.04. The van der Waals surface area contributed by atoms with Crippen molar-refractivity contribution in [3.8, 4) is 5.69 Å². The molecule has 0 aliphatic rings. The highest BCUT2D eigenvalue weighted by atomic mass is 15.4. The molecule has 15 heavy (non-hydrogen) atoms. The molecule has 0 aliphatic heterocycles. The second-order valence-corrected chi connectivity index (χ2v) is 3.51. The summed E-state index contributed by atoms with van der Waals surface area (Å²) in [7, 11) is 0. The van der Waals surface area contributed by atoms with E-state index in [-0.39, 0.29) is 0 Å². The van der Waals surface area contributed by atoms with E-state index in [2.05, 4.69) is 29.4 Å². The first-order valence-electron chi connectivity index (χ1n) is 4.98. The van der Waals surface area contributed by atoms with Crippen LogP contribution in [0.15, 0.2) is 30.5 Å². The van der Waals surface area contributed by atoms with Gasteiger partial charge in [-0.25, -0.2) is 4.68 Å². The van der Waals surface area contributed by atoms with Crippen LogP contribution in [-0.4, -0.2) is 21.5 Å². The van der Waals surface area contributed by atoms with Gasteiger partial charge in [-0.05, 0) is 25.6 Å². The zero-order chi connectivity index (χ0) is 10.7.